The number of carbonyl (C=O) groups excluding carboxylic acids is 3. The van der Waals surface area contributed by atoms with Crippen molar-refractivity contribution in [2.75, 3.05) is 7.11 Å². The van der Waals surface area contributed by atoms with Gasteiger partial charge in [0.05, 0.1) is 17.8 Å². The number of imide groups is 1. The SMILES string of the molecule is COc1ccc(-c2nc(-c3ccc4c(c3)CN(C3CCC(=O)NC3=O)C4=O)cn2C)cc1Cl. The Morgan fingerprint density at radius 3 is 2.64 bits per heavy atom. The highest BCUT2D eigenvalue weighted by atomic mass is 35.5. The molecule has 5 rings (SSSR count). The third-order valence-electron chi connectivity index (χ3n) is 6.11. The molecule has 1 saturated heterocycles. The standard InChI is InChI=1S/C24H21ClN4O4/c1-28-12-18(26-22(28)14-4-7-20(33-2)17(25)10-14)13-3-5-16-15(9-13)11-29(24(16)32)19-6-8-21(30)27-23(19)31/h3-5,7,9-10,12,19H,6,8,11H2,1-2H3,(H,27,30,31). The molecule has 3 amide bonds. The molecular weight excluding hydrogens is 444 g/mol. The van der Waals surface area contributed by atoms with E-state index in [4.69, 9.17) is 21.3 Å². The molecule has 0 saturated carbocycles. The summed E-state index contributed by atoms with van der Waals surface area (Å²) >= 11 is 6.28. The average molecular weight is 465 g/mol. The van der Waals surface area contributed by atoms with E-state index in [1.54, 1.807) is 24.1 Å². The molecule has 1 N–H and O–H groups in total. The predicted octanol–water partition coefficient (Wildman–Crippen LogP) is 3.18. The number of aromatic nitrogens is 2. The fourth-order valence-corrected chi connectivity index (χ4v) is 4.67. The highest BCUT2D eigenvalue weighted by Crippen LogP contribution is 2.33. The predicted molar refractivity (Wildman–Crippen MR) is 122 cm³/mol. The molecule has 33 heavy (non-hydrogen) atoms. The molecule has 2 aromatic carbocycles. The summed E-state index contributed by atoms with van der Waals surface area (Å²) in [4.78, 5) is 43.0. The van der Waals surface area contributed by atoms with Crippen molar-refractivity contribution in [3.05, 3.63) is 58.7 Å². The molecule has 1 unspecified atom stereocenters. The number of nitrogens with one attached hydrogen (secondary N) is 1. The Morgan fingerprint density at radius 2 is 1.91 bits per heavy atom. The monoisotopic (exact) mass is 464 g/mol. The first-order chi connectivity index (χ1) is 15.9. The van der Waals surface area contributed by atoms with Crippen LogP contribution in [0.15, 0.2) is 42.6 Å². The van der Waals surface area contributed by atoms with Gasteiger partial charge in [0.1, 0.15) is 17.6 Å². The van der Waals surface area contributed by atoms with Gasteiger partial charge in [-0.15, -0.1) is 0 Å². The molecule has 1 atom stereocenters. The normalized spacial score (nSPS) is 17.8. The largest absolute Gasteiger partial charge is 0.495 e. The van der Waals surface area contributed by atoms with Gasteiger partial charge in [-0.05, 0) is 42.3 Å². The number of benzene rings is 2. The summed E-state index contributed by atoms with van der Waals surface area (Å²) in [6, 6.07) is 10.5. The molecule has 1 fully saturated rings. The summed E-state index contributed by atoms with van der Waals surface area (Å²) in [6.07, 6.45) is 2.49. The lowest BCUT2D eigenvalue weighted by Gasteiger charge is -2.29. The second-order valence-corrected chi connectivity index (χ2v) is 8.59. The Bertz CT molecular complexity index is 1320. The summed E-state index contributed by atoms with van der Waals surface area (Å²) < 4.78 is 7.14. The fraction of sp³-hybridized carbons (Fsp3) is 0.250. The molecule has 1 aromatic heterocycles. The molecule has 168 valence electrons. The van der Waals surface area contributed by atoms with E-state index in [1.807, 2.05) is 42.1 Å². The number of hydrogen-bond acceptors (Lipinski definition) is 5. The van der Waals surface area contributed by atoms with Crippen LogP contribution in [0.2, 0.25) is 5.02 Å². The van der Waals surface area contributed by atoms with E-state index in [2.05, 4.69) is 5.32 Å². The van der Waals surface area contributed by atoms with Crippen molar-refractivity contribution in [3.8, 4) is 28.4 Å². The second-order valence-electron chi connectivity index (χ2n) is 8.18. The van der Waals surface area contributed by atoms with Crippen LogP contribution < -0.4 is 10.1 Å². The van der Waals surface area contributed by atoms with Gasteiger partial charge in [-0.3, -0.25) is 19.7 Å². The molecule has 0 spiro atoms. The quantitative estimate of drug-likeness (QED) is 0.598. The number of hydrogen-bond donors (Lipinski definition) is 1. The zero-order valence-corrected chi connectivity index (χ0v) is 18.8. The van der Waals surface area contributed by atoms with Crippen LogP contribution in [0, 0.1) is 0 Å². The zero-order valence-electron chi connectivity index (χ0n) is 18.1. The summed E-state index contributed by atoms with van der Waals surface area (Å²) in [5, 5.41) is 2.83. The van der Waals surface area contributed by atoms with Crippen molar-refractivity contribution in [1.29, 1.82) is 0 Å². The molecule has 9 heteroatoms. The van der Waals surface area contributed by atoms with Crippen molar-refractivity contribution in [3.63, 3.8) is 0 Å². The molecule has 3 heterocycles. The number of imidazole rings is 1. The molecule has 3 aromatic rings. The van der Waals surface area contributed by atoms with E-state index >= 15 is 0 Å². The number of nitrogens with zero attached hydrogens (tertiary/aromatic N) is 3. The van der Waals surface area contributed by atoms with Gasteiger partial charge in [-0.2, -0.15) is 0 Å². The van der Waals surface area contributed by atoms with Gasteiger partial charge in [0.25, 0.3) is 5.91 Å². The Kier molecular flexibility index (Phi) is 5.17. The summed E-state index contributed by atoms with van der Waals surface area (Å²) in [7, 11) is 3.48. The van der Waals surface area contributed by atoms with Crippen molar-refractivity contribution >= 4 is 29.3 Å². The summed E-state index contributed by atoms with van der Waals surface area (Å²) in [6.45, 7) is 0.321. The lowest BCUT2D eigenvalue weighted by atomic mass is 10.0. The van der Waals surface area contributed by atoms with Gasteiger partial charge in [0.15, 0.2) is 0 Å². The van der Waals surface area contributed by atoms with E-state index < -0.39 is 11.9 Å². The first kappa shape index (κ1) is 21.2. The fourth-order valence-electron chi connectivity index (χ4n) is 4.41. The maximum Gasteiger partial charge on any atom is 0.255 e. The maximum atomic E-state index is 12.9. The van der Waals surface area contributed by atoms with Gasteiger partial charge in [-0.25, -0.2) is 4.98 Å². The minimum absolute atomic E-state index is 0.194. The van der Waals surface area contributed by atoms with Crippen molar-refractivity contribution in [2.45, 2.75) is 25.4 Å². The Balaban J connectivity index is 1.43. The number of fused-ring (bicyclic) bond motifs is 1. The number of carbonyl (C=O) groups is 3. The highest BCUT2D eigenvalue weighted by Gasteiger charge is 2.39. The van der Waals surface area contributed by atoms with Crippen LogP contribution in [-0.2, 0) is 23.2 Å². The van der Waals surface area contributed by atoms with Gasteiger partial charge >= 0.3 is 0 Å². The molecule has 8 nitrogen and oxygen atoms in total. The molecule has 0 bridgehead atoms. The van der Waals surface area contributed by atoms with E-state index in [0.717, 1.165) is 28.2 Å². The van der Waals surface area contributed by atoms with E-state index in [1.165, 1.54) is 0 Å². The molecular formula is C24H21ClN4O4. The van der Waals surface area contributed by atoms with Crippen LogP contribution in [0.3, 0.4) is 0 Å². The number of rotatable bonds is 4. The zero-order chi connectivity index (χ0) is 23.3. The van der Waals surface area contributed by atoms with Crippen LogP contribution in [0.25, 0.3) is 22.6 Å². The molecule has 2 aliphatic heterocycles. The lowest BCUT2D eigenvalue weighted by molar-refractivity contribution is -0.136. The van der Waals surface area contributed by atoms with Gasteiger partial charge in [0.2, 0.25) is 11.8 Å². The lowest BCUT2D eigenvalue weighted by Crippen LogP contribution is -2.52. The Hall–Kier alpha value is -3.65. The molecule has 2 aliphatic rings. The van der Waals surface area contributed by atoms with Crippen LogP contribution in [0.5, 0.6) is 5.75 Å². The third kappa shape index (κ3) is 3.66. The van der Waals surface area contributed by atoms with Crippen molar-refractivity contribution in [1.82, 2.24) is 19.8 Å². The van der Waals surface area contributed by atoms with Crippen molar-refractivity contribution in [2.24, 2.45) is 7.05 Å². The second kappa shape index (κ2) is 8.04. The number of aryl methyl sites for hydroxylation is 1. The molecule has 0 aliphatic carbocycles. The van der Waals surface area contributed by atoms with E-state index in [9.17, 15) is 14.4 Å². The van der Waals surface area contributed by atoms with Crippen LogP contribution in [-0.4, -0.2) is 45.3 Å². The number of ether oxygens (including phenoxy) is 1. The smallest absolute Gasteiger partial charge is 0.255 e. The maximum absolute atomic E-state index is 12.9. The summed E-state index contributed by atoms with van der Waals surface area (Å²) in [5.41, 5.74) is 3.89. The summed E-state index contributed by atoms with van der Waals surface area (Å²) in [5.74, 6) is 0.433. The number of piperidine rings is 1. The topological polar surface area (TPSA) is 93.5 Å². The van der Waals surface area contributed by atoms with Gasteiger partial charge < -0.3 is 14.2 Å². The van der Waals surface area contributed by atoms with Crippen LogP contribution in [0.4, 0.5) is 0 Å². The number of methoxy groups -OCH3 is 1. The highest BCUT2D eigenvalue weighted by molar-refractivity contribution is 6.32. The first-order valence-corrected chi connectivity index (χ1v) is 10.9. The minimum atomic E-state index is -0.632. The number of halogens is 1. The third-order valence-corrected chi connectivity index (χ3v) is 6.40. The minimum Gasteiger partial charge on any atom is -0.495 e. The Morgan fingerprint density at radius 1 is 1.12 bits per heavy atom. The van der Waals surface area contributed by atoms with Gasteiger partial charge in [-0.1, -0.05) is 17.7 Å². The van der Waals surface area contributed by atoms with Crippen molar-refractivity contribution < 1.29 is 19.1 Å². The first-order valence-electron chi connectivity index (χ1n) is 10.5. The number of amides is 3. The average Bonchev–Trinajstić information content (AvgIpc) is 3.33. The van der Waals surface area contributed by atoms with E-state index in [-0.39, 0.29) is 18.2 Å². The molecule has 0 radical (unpaired) electrons. The van der Waals surface area contributed by atoms with Crippen LogP contribution >= 0.6 is 11.6 Å². The van der Waals surface area contributed by atoms with Crippen LogP contribution in [0.1, 0.15) is 28.8 Å². The van der Waals surface area contributed by atoms with Gasteiger partial charge in [0, 0.05) is 42.9 Å². The van der Waals surface area contributed by atoms with E-state index in [0.29, 0.717) is 29.3 Å². The Labute approximate surface area is 195 Å².